The van der Waals surface area contributed by atoms with Gasteiger partial charge in [-0.1, -0.05) is 6.42 Å². The van der Waals surface area contributed by atoms with Crippen molar-refractivity contribution in [2.24, 2.45) is 0 Å². The SMILES string of the molecule is CS(=O)(=O)N1CCCCC1CCNC(=O)c1ccc2ncsc2c1. The molecule has 8 heteroatoms. The molecule has 2 aromatic rings. The third-order valence-electron chi connectivity index (χ3n) is 4.36. The number of carbonyl (C=O) groups is 1. The molecule has 24 heavy (non-hydrogen) atoms. The lowest BCUT2D eigenvalue weighted by Gasteiger charge is -2.33. The molecule has 1 aliphatic rings. The summed E-state index contributed by atoms with van der Waals surface area (Å²) in [5, 5.41) is 2.90. The molecule has 0 bridgehead atoms. The summed E-state index contributed by atoms with van der Waals surface area (Å²) in [5.74, 6) is -0.132. The topological polar surface area (TPSA) is 79.4 Å². The van der Waals surface area contributed by atoms with Crippen molar-refractivity contribution in [3.8, 4) is 0 Å². The maximum Gasteiger partial charge on any atom is 0.251 e. The van der Waals surface area contributed by atoms with Gasteiger partial charge in [0.2, 0.25) is 10.0 Å². The van der Waals surface area contributed by atoms with Crippen LogP contribution in [0, 0.1) is 0 Å². The lowest BCUT2D eigenvalue weighted by molar-refractivity contribution is 0.0949. The van der Waals surface area contributed by atoms with Gasteiger partial charge in [0.25, 0.3) is 5.91 Å². The van der Waals surface area contributed by atoms with Gasteiger partial charge in [-0.15, -0.1) is 11.3 Å². The summed E-state index contributed by atoms with van der Waals surface area (Å²) >= 11 is 1.50. The highest BCUT2D eigenvalue weighted by atomic mass is 32.2. The zero-order chi connectivity index (χ0) is 17.2. The molecule has 2 heterocycles. The normalized spacial score (nSPS) is 19.5. The molecule has 0 saturated carbocycles. The zero-order valence-corrected chi connectivity index (χ0v) is 15.2. The molecular weight excluding hydrogens is 346 g/mol. The van der Waals surface area contributed by atoms with E-state index in [-0.39, 0.29) is 11.9 Å². The van der Waals surface area contributed by atoms with Crippen LogP contribution in [0.25, 0.3) is 10.2 Å². The van der Waals surface area contributed by atoms with Crippen LogP contribution in [0.15, 0.2) is 23.7 Å². The Kier molecular flexibility index (Phi) is 5.17. The Hall–Kier alpha value is -1.51. The number of fused-ring (bicyclic) bond motifs is 1. The highest BCUT2D eigenvalue weighted by Gasteiger charge is 2.28. The zero-order valence-electron chi connectivity index (χ0n) is 13.6. The van der Waals surface area contributed by atoms with E-state index in [2.05, 4.69) is 10.3 Å². The van der Waals surface area contributed by atoms with Gasteiger partial charge >= 0.3 is 0 Å². The van der Waals surface area contributed by atoms with Gasteiger partial charge in [0.05, 0.1) is 22.0 Å². The molecule has 0 spiro atoms. The van der Waals surface area contributed by atoms with Crippen LogP contribution >= 0.6 is 11.3 Å². The third-order valence-corrected chi connectivity index (χ3v) is 6.48. The van der Waals surface area contributed by atoms with Crippen molar-refractivity contribution < 1.29 is 13.2 Å². The van der Waals surface area contributed by atoms with Crippen molar-refractivity contribution in [3.63, 3.8) is 0 Å². The van der Waals surface area contributed by atoms with Crippen LogP contribution in [0.2, 0.25) is 0 Å². The highest BCUT2D eigenvalue weighted by molar-refractivity contribution is 7.88. The summed E-state index contributed by atoms with van der Waals surface area (Å²) in [7, 11) is -3.18. The first-order chi connectivity index (χ1) is 11.4. The van der Waals surface area contributed by atoms with E-state index in [9.17, 15) is 13.2 Å². The highest BCUT2D eigenvalue weighted by Crippen LogP contribution is 2.22. The number of hydrogen-bond acceptors (Lipinski definition) is 5. The van der Waals surface area contributed by atoms with Crippen LogP contribution in [0.1, 0.15) is 36.0 Å². The molecule has 1 fully saturated rings. The minimum atomic E-state index is -3.18. The number of thiazole rings is 1. The van der Waals surface area contributed by atoms with Crippen LogP contribution in [-0.4, -0.2) is 49.0 Å². The van der Waals surface area contributed by atoms with E-state index < -0.39 is 10.0 Å². The summed E-state index contributed by atoms with van der Waals surface area (Å²) in [5.41, 5.74) is 3.26. The van der Waals surface area contributed by atoms with Gasteiger partial charge in [-0.2, -0.15) is 4.31 Å². The number of piperidine rings is 1. The van der Waals surface area contributed by atoms with Crippen molar-refractivity contribution in [2.75, 3.05) is 19.3 Å². The van der Waals surface area contributed by atoms with Crippen LogP contribution in [-0.2, 0) is 10.0 Å². The Balaban J connectivity index is 1.57. The number of amides is 1. The molecule has 1 unspecified atom stereocenters. The van der Waals surface area contributed by atoms with Gasteiger partial charge in [-0.25, -0.2) is 13.4 Å². The molecule has 3 rings (SSSR count). The molecular formula is C16H21N3O3S2. The van der Waals surface area contributed by atoms with Crippen molar-refractivity contribution in [2.45, 2.75) is 31.7 Å². The summed E-state index contributed by atoms with van der Waals surface area (Å²) in [6.07, 6.45) is 4.70. The van der Waals surface area contributed by atoms with Crippen LogP contribution in [0.5, 0.6) is 0 Å². The number of nitrogens with zero attached hydrogens (tertiary/aromatic N) is 2. The van der Waals surface area contributed by atoms with Crippen LogP contribution in [0.3, 0.4) is 0 Å². The maximum absolute atomic E-state index is 12.3. The van der Waals surface area contributed by atoms with Crippen molar-refractivity contribution in [3.05, 3.63) is 29.3 Å². The van der Waals surface area contributed by atoms with E-state index >= 15 is 0 Å². The number of sulfonamides is 1. The van der Waals surface area contributed by atoms with E-state index in [4.69, 9.17) is 0 Å². The van der Waals surface area contributed by atoms with Gasteiger partial charge in [0, 0.05) is 24.7 Å². The first kappa shape index (κ1) is 17.3. The van der Waals surface area contributed by atoms with Gasteiger partial charge < -0.3 is 5.32 Å². The summed E-state index contributed by atoms with van der Waals surface area (Å²) < 4.78 is 26.3. The molecule has 1 saturated heterocycles. The number of nitrogens with one attached hydrogen (secondary N) is 1. The van der Waals surface area contributed by atoms with E-state index in [0.29, 0.717) is 25.1 Å². The largest absolute Gasteiger partial charge is 0.352 e. The Labute approximate surface area is 145 Å². The average Bonchev–Trinajstić information content (AvgIpc) is 3.01. The number of benzene rings is 1. The van der Waals surface area contributed by atoms with E-state index in [0.717, 1.165) is 29.5 Å². The minimum absolute atomic E-state index is 0.0157. The van der Waals surface area contributed by atoms with Gasteiger partial charge in [-0.05, 0) is 37.5 Å². The second-order valence-electron chi connectivity index (χ2n) is 6.10. The molecule has 1 aromatic carbocycles. The second-order valence-corrected chi connectivity index (χ2v) is 8.92. The number of rotatable bonds is 5. The van der Waals surface area contributed by atoms with E-state index in [1.54, 1.807) is 15.9 Å². The smallest absolute Gasteiger partial charge is 0.251 e. The summed E-state index contributed by atoms with van der Waals surface area (Å²) in [4.78, 5) is 16.5. The molecule has 0 radical (unpaired) electrons. The van der Waals surface area contributed by atoms with Crippen molar-refractivity contribution in [1.82, 2.24) is 14.6 Å². The van der Waals surface area contributed by atoms with Gasteiger partial charge in [0.15, 0.2) is 0 Å². The fourth-order valence-corrected chi connectivity index (χ4v) is 5.08. The number of aromatic nitrogens is 1. The Bertz CT molecular complexity index is 832. The number of hydrogen-bond donors (Lipinski definition) is 1. The lowest BCUT2D eigenvalue weighted by atomic mass is 10.0. The Morgan fingerprint density at radius 2 is 2.25 bits per heavy atom. The summed E-state index contributed by atoms with van der Waals surface area (Å²) in [6, 6.07) is 5.43. The molecule has 1 atom stereocenters. The summed E-state index contributed by atoms with van der Waals surface area (Å²) in [6.45, 7) is 1.05. The first-order valence-electron chi connectivity index (χ1n) is 8.03. The molecule has 1 N–H and O–H groups in total. The maximum atomic E-state index is 12.3. The molecule has 1 aliphatic heterocycles. The Morgan fingerprint density at radius 1 is 1.42 bits per heavy atom. The number of carbonyl (C=O) groups excluding carboxylic acids is 1. The predicted molar refractivity (Wildman–Crippen MR) is 95.8 cm³/mol. The fourth-order valence-electron chi connectivity index (χ4n) is 3.15. The third kappa shape index (κ3) is 3.93. The quantitative estimate of drug-likeness (QED) is 0.879. The van der Waals surface area contributed by atoms with Gasteiger partial charge in [-0.3, -0.25) is 4.79 Å². The first-order valence-corrected chi connectivity index (χ1v) is 10.8. The van der Waals surface area contributed by atoms with Gasteiger partial charge in [0.1, 0.15) is 0 Å². The predicted octanol–water partition coefficient (Wildman–Crippen LogP) is 2.23. The Morgan fingerprint density at radius 3 is 3.04 bits per heavy atom. The van der Waals surface area contributed by atoms with Crippen molar-refractivity contribution >= 4 is 37.5 Å². The average molecular weight is 367 g/mol. The molecule has 1 aromatic heterocycles. The fraction of sp³-hybridized carbons (Fsp3) is 0.500. The molecule has 6 nitrogen and oxygen atoms in total. The monoisotopic (exact) mass is 367 g/mol. The van der Waals surface area contributed by atoms with Crippen LogP contribution < -0.4 is 5.32 Å². The molecule has 130 valence electrons. The van der Waals surface area contributed by atoms with E-state index in [1.807, 2.05) is 12.1 Å². The minimum Gasteiger partial charge on any atom is -0.352 e. The van der Waals surface area contributed by atoms with Crippen LogP contribution in [0.4, 0.5) is 0 Å². The van der Waals surface area contributed by atoms with Crippen molar-refractivity contribution in [1.29, 1.82) is 0 Å². The standard InChI is InChI=1S/C16H21N3O3S2/c1-24(21,22)19-9-3-2-4-13(19)7-8-17-16(20)12-5-6-14-15(10-12)23-11-18-14/h5-6,10-11,13H,2-4,7-9H2,1H3,(H,17,20). The second kappa shape index (κ2) is 7.16. The molecule has 1 amide bonds. The van der Waals surface area contributed by atoms with E-state index in [1.165, 1.54) is 17.6 Å². The molecule has 0 aliphatic carbocycles. The lowest BCUT2D eigenvalue weighted by Crippen LogP contribution is -2.44.